The fourth-order valence-electron chi connectivity index (χ4n) is 1.49. The van der Waals surface area contributed by atoms with Crippen LogP contribution in [-0.4, -0.2) is 57.2 Å². The summed E-state index contributed by atoms with van der Waals surface area (Å²) >= 11 is 0. The number of ether oxygens (including phenoxy) is 2. The molecule has 118 valence electrons. The first-order valence-corrected chi connectivity index (χ1v) is 7.80. The summed E-state index contributed by atoms with van der Waals surface area (Å²) in [6, 6.07) is 5.60. The van der Waals surface area contributed by atoms with Gasteiger partial charge in [0, 0.05) is 20.2 Å². The standard InChI is InChI=1S/C13H19NO6S/c1-3-19-9-8-14(2)21(17,18)12-6-4-11(5-7-12)20-10-13(15)16/h4-7H,3,8-10H2,1-2H3,(H,15,16). The third kappa shape index (κ3) is 5.33. The van der Waals surface area contributed by atoms with Gasteiger partial charge in [0.15, 0.2) is 6.61 Å². The van der Waals surface area contributed by atoms with Gasteiger partial charge in [-0.3, -0.25) is 0 Å². The average molecular weight is 317 g/mol. The Kier molecular flexibility index (Phi) is 6.60. The minimum atomic E-state index is -3.59. The number of carboxylic acid groups (broad SMARTS) is 1. The molecule has 1 aromatic carbocycles. The van der Waals surface area contributed by atoms with E-state index in [9.17, 15) is 13.2 Å². The number of hydrogen-bond donors (Lipinski definition) is 1. The second-order valence-corrected chi connectivity index (χ2v) is 6.22. The van der Waals surface area contributed by atoms with Gasteiger partial charge in [0.1, 0.15) is 5.75 Å². The lowest BCUT2D eigenvalue weighted by atomic mass is 10.3. The molecule has 0 unspecified atom stereocenters. The van der Waals surface area contributed by atoms with Crippen LogP contribution < -0.4 is 4.74 Å². The molecule has 0 spiro atoms. The van der Waals surface area contributed by atoms with Gasteiger partial charge in [0.25, 0.3) is 0 Å². The van der Waals surface area contributed by atoms with E-state index in [1.54, 1.807) is 0 Å². The molecule has 0 radical (unpaired) electrons. The average Bonchev–Trinajstić information content (AvgIpc) is 2.45. The number of nitrogens with zero attached hydrogens (tertiary/aromatic N) is 1. The molecule has 0 bridgehead atoms. The van der Waals surface area contributed by atoms with Crippen LogP contribution in [0.15, 0.2) is 29.2 Å². The summed E-state index contributed by atoms with van der Waals surface area (Å²) in [4.78, 5) is 10.5. The van der Waals surface area contributed by atoms with Crippen molar-refractivity contribution in [1.29, 1.82) is 0 Å². The Hall–Kier alpha value is -1.64. The molecule has 0 aliphatic carbocycles. The van der Waals surface area contributed by atoms with Crippen molar-refractivity contribution in [3.63, 3.8) is 0 Å². The van der Waals surface area contributed by atoms with Gasteiger partial charge in [-0.05, 0) is 31.2 Å². The predicted octanol–water partition coefficient (Wildman–Crippen LogP) is 0.807. The van der Waals surface area contributed by atoms with Crippen LogP contribution in [0.1, 0.15) is 6.92 Å². The molecule has 0 aromatic heterocycles. The zero-order chi connectivity index (χ0) is 15.9. The van der Waals surface area contributed by atoms with Crippen LogP contribution in [0.4, 0.5) is 0 Å². The third-order valence-corrected chi connectivity index (χ3v) is 4.52. The van der Waals surface area contributed by atoms with Crippen molar-refractivity contribution >= 4 is 16.0 Å². The second kappa shape index (κ2) is 7.96. The fourth-order valence-corrected chi connectivity index (χ4v) is 2.65. The summed E-state index contributed by atoms with van der Waals surface area (Å²) in [5, 5.41) is 8.49. The van der Waals surface area contributed by atoms with Crippen LogP contribution >= 0.6 is 0 Å². The number of rotatable bonds is 9. The topological polar surface area (TPSA) is 93.1 Å². The molecule has 0 saturated heterocycles. The maximum absolute atomic E-state index is 12.2. The quantitative estimate of drug-likeness (QED) is 0.677. The Balaban J connectivity index is 2.72. The molecule has 0 atom stereocenters. The van der Waals surface area contributed by atoms with E-state index in [1.807, 2.05) is 6.92 Å². The van der Waals surface area contributed by atoms with Gasteiger partial charge >= 0.3 is 5.97 Å². The molecular formula is C13H19NO6S. The van der Waals surface area contributed by atoms with Crippen LogP contribution in [0.25, 0.3) is 0 Å². The minimum absolute atomic E-state index is 0.115. The lowest BCUT2D eigenvalue weighted by Crippen LogP contribution is -2.30. The Morgan fingerprint density at radius 3 is 2.43 bits per heavy atom. The lowest BCUT2D eigenvalue weighted by Gasteiger charge is -2.17. The van der Waals surface area contributed by atoms with Crippen LogP contribution in [0.2, 0.25) is 0 Å². The SMILES string of the molecule is CCOCCN(C)S(=O)(=O)c1ccc(OCC(=O)O)cc1. The zero-order valence-electron chi connectivity index (χ0n) is 12.0. The van der Waals surface area contributed by atoms with Gasteiger partial charge in [-0.2, -0.15) is 4.31 Å². The third-order valence-electron chi connectivity index (χ3n) is 2.65. The highest BCUT2D eigenvalue weighted by molar-refractivity contribution is 7.89. The highest BCUT2D eigenvalue weighted by Crippen LogP contribution is 2.18. The first kappa shape index (κ1) is 17.4. The largest absolute Gasteiger partial charge is 0.482 e. The number of benzene rings is 1. The van der Waals surface area contributed by atoms with Gasteiger partial charge in [0.05, 0.1) is 11.5 Å². The van der Waals surface area contributed by atoms with Gasteiger partial charge in [-0.15, -0.1) is 0 Å². The van der Waals surface area contributed by atoms with Gasteiger partial charge in [0.2, 0.25) is 10.0 Å². The van der Waals surface area contributed by atoms with Crippen LogP contribution in [0, 0.1) is 0 Å². The Bertz CT molecular complexity index is 555. The highest BCUT2D eigenvalue weighted by atomic mass is 32.2. The summed E-state index contributed by atoms with van der Waals surface area (Å²) < 4.78 is 35.8. The van der Waals surface area contributed by atoms with E-state index < -0.39 is 22.6 Å². The number of carboxylic acids is 1. The van der Waals surface area contributed by atoms with Crippen molar-refractivity contribution in [3.05, 3.63) is 24.3 Å². The Morgan fingerprint density at radius 1 is 1.29 bits per heavy atom. The summed E-state index contributed by atoms with van der Waals surface area (Å²) in [6.45, 7) is 2.48. The van der Waals surface area contributed by atoms with Crippen molar-refractivity contribution in [1.82, 2.24) is 4.31 Å². The minimum Gasteiger partial charge on any atom is -0.482 e. The predicted molar refractivity (Wildman–Crippen MR) is 75.9 cm³/mol. The molecule has 0 fully saturated rings. The normalized spacial score (nSPS) is 11.6. The Morgan fingerprint density at radius 2 is 1.90 bits per heavy atom. The van der Waals surface area contributed by atoms with Crippen LogP contribution in [0.5, 0.6) is 5.75 Å². The van der Waals surface area contributed by atoms with Gasteiger partial charge in [-0.1, -0.05) is 0 Å². The van der Waals surface area contributed by atoms with E-state index in [2.05, 4.69) is 0 Å². The molecule has 8 heteroatoms. The molecule has 0 saturated carbocycles. The van der Waals surface area contributed by atoms with Crippen molar-refractivity contribution in [2.75, 3.05) is 33.4 Å². The molecule has 0 heterocycles. The summed E-state index contributed by atoms with van der Waals surface area (Å²) in [5.74, 6) is -0.796. The lowest BCUT2D eigenvalue weighted by molar-refractivity contribution is -0.139. The number of aliphatic carboxylic acids is 1. The molecule has 1 aromatic rings. The molecule has 1 N–H and O–H groups in total. The maximum Gasteiger partial charge on any atom is 0.341 e. The van der Waals surface area contributed by atoms with E-state index in [0.717, 1.165) is 0 Å². The van der Waals surface area contributed by atoms with E-state index in [0.29, 0.717) is 19.0 Å². The molecule has 0 aliphatic rings. The fraction of sp³-hybridized carbons (Fsp3) is 0.462. The first-order valence-electron chi connectivity index (χ1n) is 6.36. The van der Waals surface area contributed by atoms with Gasteiger partial charge < -0.3 is 14.6 Å². The summed E-state index contributed by atoms with van der Waals surface area (Å²) in [5.41, 5.74) is 0. The second-order valence-electron chi connectivity index (χ2n) is 4.18. The molecule has 0 aliphatic heterocycles. The van der Waals surface area contributed by atoms with Crippen molar-refractivity contribution in [2.24, 2.45) is 0 Å². The van der Waals surface area contributed by atoms with Crippen LogP contribution in [-0.2, 0) is 19.6 Å². The number of likely N-dealkylation sites (N-methyl/N-ethyl adjacent to an activating group) is 1. The highest BCUT2D eigenvalue weighted by Gasteiger charge is 2.20. The van der Waals surface area contributed by atoms with E-state index in [4.69, 9.17) is 14.6 Å². The van der Waals surface area contributed by atoms with Crippen LogP contribution in [0.3, 0.4) is 0 Å². The Labute approximate surface area is 124 Å². The molecule has 0 amide bonds. The van der Waals surface area contributed by atoms with E-state index in [1.165, 1.54) is 35.6 Å². The van der Waals surface area contributed by atoms with Crippen molar-refractivity contribution in [3.8, 4) is 5.75 Å². The van der Waals surface area contributed by atoms with Crippen molar-refractivity contribution < 1.29 is 27.8 Å². The number of carbonyl (C=O) groups is 1. The number of sulfonamides is 1. The van der Waals surface area contributed by atoms with E-state index in [-0.39, 0.29) is 11.4 Å². The summed E-state index contributed by atoms with van der Waals surface area (Å²) in [7, 11) is -2.11. The van der Waals surface area contributed by atoms with E-state index >= 15 is 0 Å². The van der Waals surface area contributed by atoms with Crippen molar-refractivity contribution in [2.45, 2.75) is 11.8 Å². The first-order chi connectivity index (χ1) is 9.87. The smallest absolute Gasteiger partial charge is 0.341 e. The maximum atomic E-state index is 12.2. The number of hydrogen-bond acceptors (Lipinski definition) is 5. The molecular weight excluding hydrogens is 298 g/mol. The molecule has 21 heavy (non-hydrogen) atoms. The zero-order valence-corrected chi connectivity index (χ0v) is 12.8. The monoisotopic (exact) mass is 317 g/mol. The van der Waals surface area contributed by atoms with Gasteiger partial charge in [-0.25, -0.2) is 13.2 Å². The molecule has 1 rings (SSSR count). The molecule has 7 nitrogen and oxygen atoms in total. The summed E-state index contributed by atoms with van der Waals surface area (Å²) in [6.07, 6.45) is 0.